The predicted octanol–water partition coefficient (Wildman–Crippen LogP) is 15.0. The van der Waals surface area contributed by atoms with Crippen molar-refractivity contribution in [3.63, 3.8) is 0 Å². The van der Waals surface area contributed by atoms with Gasteiger partial charge < -0.3 is 14.8 Å². The van der Waals surface area contributed by atoms with Crippen molar-refractivity contribution in [1.29, 1.82) is 0 Å². The number of fused-ring (bicyclic) bond motifs is 3. The maximum Gasteiger partial charge on any atom is 3.00 e. The summed E-state index contributed by atoms with van der Waals surface area (Å²) in [6.07, 6.45) is 9.89. The number of aryl methyl sites for hydroxylation is 2. The van der Waals surface area contributed by atoms with Crippen LogP contribution in [0, 0.1) is 31.3 Å². The Bertz CT molecular complexity index is 2900. The molecule has 8 rings (SSSR count). The molecule has 1 aliphatic carbocycles. The molecule has 0 spiro atoms. The monoisotopic (exact) mass is 947 g/mol. The molecule has 2 heterocycles. The summed E-state index contributed by atoms with van der Waals surface area (Å²) in [7, 11) is 0. The molecule has 58 heavy (non-hydrogen) atoms. The van der Waals surface area contributed by atoms with E-state index in [0.717, 1.165) is 81.7 Å². The molecule has 0 atom stereocenters. The minimum atomic E-state index is -2.37. The van der Waals surface area contributed by atoms with E-state index in [1.54, 1.807) is 42.5 Å². The van der Waals surface area contributed by atoms with Crippen LogP contribution in [0.2, 0.25) is 0 Å². The van der Waals surface area contributed by atoms with Crippen molar-refractivity contribution in [3.8, 4) is 22.4 Å². The number of hydrogen-bond acceptors (Lipinski definition) is 2. The van der Waals surface area contributed by atoms with Gasteiger partial charge in [-0.05, 0) is 82.5 Å². The summed E-state index contributed by atoms with van der Waals surface area (Å²) in [6, 6.07) is 39.6. The average Bonchev–Trinajstić information content (AvgIpc) is 3.67. The van der Waals surface area contributed by atoms with E-state index >= 15 is 0 Å². The molecule has 1 saturated carbocycles. The molecule has 0 amide bonds. The Labute approximate surface area is 371 Å². The number of rotatable bonds is 8. The van der Waals surface area contributed by atoms with Crippen LogP contribution in [0.25, 0.3) is 60.9 Å². The van der Waals surface area contributed by atoms with Crippen molar-refractivity contribution in [3.05, 3.63) is 178 Å². The van der Waals surface area contributed by atoms with Crippen LogP contribution >= 0.6 is 0 Å². The normalized spacial score (nSPS) is 17.3. The second-order valence-electron chi connectivity index (χ2n) is 15.6. The molecule has 1 fully saturated rings. The van der Waals surface area contributed by atoms with Gasteiger partial charge in [-0.3, -0.25) is 0 Å². The van der Waals surface area contributed by atoms with Gasteiger partial charge in [0.05, 0.1) is 0 Å². The van der Waals surface area contributed by atoms with Crippen LogP contribution in [0.15, 0.2) is 132 Å². The molecule has 0 radical (unpaired) electrons. The SMILES string of the molecule is [2H]C([2H])([2H])c1ccc(-c2[c-]cc(C([2H])([2H])[2H])c(-c3ccc(C([2H])([2H])C(C)(C)C)cc3)c2)nc1.[2H]C1(c2ccc(C(=C/C=[N-])/C=C(\C)c3[c-]ccc4c3oc3ccccc34)cc2)CCCCC1.[Ir+3]. The van der Waals surface area contributed by atoms with Crippen LogP contribution < -0.4 is 0 Å². The van der Waals surface area contributed by atoms with Gasteiger partial charge in [-0.1, -0.05) is 156 Å². The summed E-state index contributed by atoms with van der Waals surface area (Å²) < 4.78 is 78.3. The van der Waals surface area contributed by atoms with E-state index < -0.39 is 31.4 Å². The zero-order chi connectivity index (χ0) is 47.7. The van der Waals surface area contributed by atoms with E-state index in [0.29, 0.717) is 27.9 Å². The average molecular weight is 947 g/mol. The Morgan fingerprint density at radius 3 is 2.40 bits per heavy atom. The summed E-state index contributed by atoms with van der Waals surface area (Å²) in [5.41, 5.74) is 8.82. The minimum Gasteiger partial charge on any atom is -0.811 e. The summed E-state index contributed by atoms with van der Waals surface area (Å²) in [5, 5.41) is 11.7. The fraction of sp³-hybridized carbons (Fsp3) is 0.259. The van der Waals surface area contributed by atoms with Crippen LogP contribution in [0.1, 0.15) is 111 Å². The Kier molecular flexibility index (Phi) is 10.5. The van der Waals surface area contributed by atoms with Crippen molar-refractivity contribution in [2.75, 3.05) is 0 Å². The smallest absolute Gasteiger partial charge is 0.811 e. The first kappa shape index (κ1) is 31.8. The molecule has 294 valence electrons. The molecule has 0 aliphatic heterocycles. The number of para-hydroxylation sites is 1. The first-order valence-electron chi connectivity index (χ1n) is 24.0. The van der Waals surface area contributed by atoms with E-state index in [9.17, 15) is 5.41 Å². The van der Waals surface area contributed by atoms with Crippen LogP contribution in [0.3, 0.4) is 0 Å². The molecule has 0 bridgehead atoms. The predicted molar refractivity (Wildman–Crippen MR) is 242 cm³/mol. The first-order valence-corrected chi connectivity index (χ1v) is 19.5. The summed E-state index contributed by atoms with van der Waals surface area (Å²) >= 11 is 0. The van der Waals surface area contributed by atoms with Gasteiger partial charge in [0.1, 0.15) is 5.58 Å². The van der Waals surface area contributed by atoms with Crippen LogP contribution in [0.4, 0.5) is 0 Å². The van der Waals surface area contributed by atoms with Crippen LogP contribution in [-0.4, -0.2) is 11.2 Å². The number of hydrogen-bond donors (Lipinski definition) is 0. The second-order valence-corrected chi connectivity index (χ2v) is 15.6. The number of pyridine rings is 1. The second kappa shape index (κ2) is 19.1. The molecule has 0 N–H and O–H groups in total. The Morgan fingerprint density at radius 1 is 0.931 bits per heavy atom. The maximum absolute atomic E-state index is 9.56. The van der Waals surface area contributed by atoms with E-state index in [2.05, 4.69) is 53.5 Å². The maximum atomic E-state index is 9.56. The largest absolute Gasteiger partial charge is 3.00 e. The molecule has 7 aromatic rings. The van der Waals surface area contributed by atoms with Gasteiger partial charge in [0.2, 0.25) is 0 Å². The standard InChI is InChI=1S/C30H27NO.C24H26N.Ir/c1-21(26-11-7-12-28-27-10-5-6-13-29(27)32-30(26)28)20-25(18-19-31)24-16-14-23(15-17-24)22-8-3-2-4-9-22;1-17-6-13-23(25-16-17)21-10-7-18(2)22(14-21)20-11-8-19(9-12-20)15-24(3,4)5;/h5-7,10,12-20,22H,2-4,8-9H2,1H3;6-9,11-14,16H,15H2,1-5H3;/q-2;-1;+3/b21-20+,25-18+;;/i22D;1D3,2D3,15D2;. The van der Waals surface area contributed by atoms with Crippen molar-refractivity contribution >= 4 is 39.3 Å². The van der Waals surface area contributed by atoms with Crippen molar-refractivity contribution in [2.24, 2.45) is 5.41 Å². The third-order valence-electron chi connectivity index (χ3n) is 10.1. The van der Waals surface area contributed by atoms with Crippen molar-refractivity contribution in [2.45, 2.75) is 85.8 Å². The molecular weight excluding hydrogens is 885 g/mol. The first-order chi connectivity index (χ1) is 31.1. The molecule has 5 aromatic carbocycles. The third-order valence-corrected chi connectivity index (χ3v) is 10.1. The van der Waals surface area contributed by atoms with Gasteiger partial charge in [0, 0.05) is 29.5 Å². The molecule has 3 nitrogen and oxygen atoms in total. The van der Waals surface area contributed by atoms with E-state index in [4.69, 9.17) is 16.8 Å². The Morgan fingerprint density at radius 2 is 1.71 bits per heavy atom. The van der Waals surface area contributed by atoms with E-state index in [1.165, 1.54) is 24.8 Å². The Hall–Kier alpha value is -5.15. The number of aromatic nitrogens is 1. The van der Waals surface area contributed by atoms with Crippen molar-refractivity contribution < 1.29 is 36.9 Å². The summed E-state index contributed by atoms with van der Waals surface area (Å²) in [5.74, 6) is -0.471. The van der Waals surface area contributed by atoms with Gasteiger partial charge in [-0.25, -0.2) is 0 Å². The number of allylic oxidation sites excluding steroid dienone is 4. The van der Waals surface area contributed by atoms with Gasteiger partial charge in [0.15, 0.2) is 0 Å². The molecule has 0 unspecified atom stereocenters. The van der Waals surface area contributed by atoms with Crippen molar-refractivity contribution in [1.82, 2.24) is 4.98 Å². The van der Waals surface area contributed by atoms with Crippen LogP contribution in [0.5, 0.6) is 0 Å². The molecule has 4 heteroatoms. The topological polar surface area (TPSA) is 48.3 Å². The number of benzene rings is 5. The van der Waals surface area contributed by atoms with Crippen LogP contribution in [-0.2, 0) is 26.5 Å². The zero-order valence-corrected chi connectivity index (χ0v) is 35.8. The van der Waals surface area contributed by atoms with E-state index in [1.807, 2.05) is 58.0 Å². The van der Waals surface area contributed by atoms with Gasteiger partial charge in [-0.2, -0.15) is 6.21 Å². The van der Waals surface area contributed by atoms with Gasteiger partial charge in [0.25, 0.3) is 0 Å². The third kappa shape index (κ3) is 10.3. The molecular formula is C54H53IrN2O. The fourth-order valence-electron chi connectivity index (χ4n) is 7.36. The summed E-state index contributed by atoms with van der Waals surface area (Å²) in [6.45, 7) is 2.90. The number of furan rings is 1. The van der Waals surface area contributed by atoms with Gasteiger partial charge in [-0.15, -0.1) is 58.7 Å². The quantitative estimate of drug-likeness (QED) is 0.0866. The molecule has 1 aliphatic rings. The molecule has 0 saturated heterocycles. The van der Waals surface area contributed by atoms with Gasteiger partial charge >= 0.3 is 20.1 Å². The minimum absolute atomic E-state index is 0. The fourth-order valence-corrected chi connectivity index (χ4v) is 7.36. The number of nitrogens with zero attached hydrogens (tertiary/aromatic N) is 2. The van der Waals surface area contributed by atoms with E-state index in [-0.39, 0.29) is 31.2 Å². The molecule has 2 aromatic heterocycles. The zero-order valence-electron chi connectivity index (χ0n) is 42.4. The summed E-state index contributed by atoms with van der Waals surface area (Å²) in [4.78, 5) is 4.23. The Balaban J connectivity index is 0.000000218.